The van der Waals surface area contributed by atoms with Gasteiger partial charge >= 0.3 is 0 Å². The van der Waals surface area contributed by atoms with E-state index in [1.807, 2.05) is 66.7 Å². The quantitative estimate of drug-likeness (QED) is 0.143. The molecule has 0 saturated heterocycles. The highest BCUT2D eigenvalue weighted by molar-refractivity contribution is 6.14. The average molecular weight is 1080 g/mol. The van der Waals surface area contributed by atoms with E-state index in [-0.39, 0.29) is 0 Å². The SMILES string of the molecule is N#Cc1ccc(-c2ccc3c(c2)c2ccccc2n3-c2c(-c3ccccc3-n3c4ccccc4c4ccccc43)cc(-c3nc(-c4ccccc4)nc(-c4ccccc4)n3)cc2-c2ccccc2-n2c3ccccc3c3ccccc32)c(C#N)c1. The normalized spacial score (nSPS) is 11.5. The summed E-state index contributed by atoms with van der Waals surface area (Å²) in [5.41, 5.74) is 18.2. The Bertz CT molecular complexity index is 5120. The minimum atomic E-state index is 0.439. The van der Waals surface area contributed by atoms with Crippen LogP contribution in [0.3, 0.4) is 0 Å². The maximum atomic E-state index is 10.5. The smallest absolute Gasteiger partial charge is 0.164 e. The topological polar surface area (TPSA) is 101 Å². The summed E-state index contributed by atoms with van der Waals surface area (Å²) in [6.07, 6.45) is 0. The third-order valence-corrected chi connectivity index (χ3v) is 16.6. The van der Waals surface area contributed by atoms with Crippen LogP contribution in [0.4, 0.5) is 0 Å². The van der Waals surface area contributed by atoms with E-state index in [2.05, 4.69) is 226 Å². The Labute approximate surface area is 488 Å². The largest absolute Gasteiger partial charge is 0.309 e. The van der Waals surface area contributed by atoms with Gasteiger partial charge < -0.3 is 13.7 Å². The standard InChI is InChI=1S/C77H46N8/c78-47-49-39-41-55(54(43-49)48-79)52-40-42-73-63(44-52)60-29-11-20-38-72(60)85(73)74-64(61-30-12-18-36-70(61)83-66-32-14-7-25-56(66)57-26-8-15-33-67(57)83)45-53(77-81-75(50-21-3-1-4-22-50)80-76(82-77)51-23-5-2-6-24-51)46-65(74)62-31-13-19-37-71(62)84-68-34-16-9-27-58(68)59-28-10-17-35-69(59)84/h1-46H. The molecular formula is C77H46N8. The number of aromatic nitrogens is 6. The highest BCUT2D eigenvalue weighted by atomic mass is 15.0. The minimum Gasteiger partial charge on any atom is -0.309 e. The number of rotatable bonds is 9. The highest BCUT2D eigenvalue weighted by Crippen LogP contribution is 2.49. The molecule has 8 nitrogen and oxygen atoms in total. The van der Waals surface area contributed by atoms with E-state index in [1.54, 1.807) is 12.1 Å². The molecule has 12 aromatic carbocycles. The van der Waals surface area contributed by atoms with Gasteiger partial charge in [0.1, 0.15) is 0 Å². The third-order valence-electron chi connectivity index (χ3n) is 16.6. The first-order valence-electron chi connectivity index (χ1n) is 28.3. The summed E-state index contributed by atoms with van der Waals surface area (Å²) < 4.78 is 7.26. The number of para-hydroxylation sites is 7. The zero-order valence-electron chi connectivity index (χ0n) is 45.6. The molecule has 0 fully saturated rings. The number of nitriles is 2. The summed E-state index contributed by atoms with van der Waals surface area (Å²) >= 11 is 0. The van der Waals surface area contributed by atoms with E-state index in [1.165, 1.54) is 0 Å². The molecule has 0 spiro atoms. The van der Waals surface area contributed by atoms with Crippen LogP contribution >= 0.6 is 0 Å². The van der Waals surface area contributed by atoms with Gasteiger partial charge in [-0.1, -0.05) is 200 Å². The van der Waals surface area contributed by atoms with E-state index in [0.29, 0.717) is 28.6 Å². The Balaban J connectivity index is 1.09. The van der Waals surface area contributed by atoms with Crippen molar-refractivity contribution in [3.63, 3.8) is 0 Å². The number of nitrogens with zero attached hydrogens (tertiary/aromatic N) is 8. The Kier molecular flexibility index (Phi) is 11.5. The summed E-state index contributed by atoms with van der Waals surface area (Å²) in [4.78, 5) is 16.1. The second-order valence-corrected chi connectivity index (χ2v) is 21.3. The van der Waals surface area contributed by atoms with Crippen LogP contribution in [0.5, 0.6) is 0 Å². The summed E-state index contributed by atoms with van der Waals surface area (Å²) in [7, 11) is 0. The lowest BCUT2D eigenvalue weighted by Crippen LogP contribution is -2.07. The first kappa shape index (κ1) is 48.9. The van der Waals surface area contributed by atoms with Crippen molar-refractivity contribution < 1.29 is 0 Å². The lowest BCUT2D eigenvalue weighted by molar-refractivity contribution is 1.07. The van der Waals surface area contributed by atoms with Gasteiger partial charge in [-0.3, -0.25) is 0 Å². The molecule has 394 valence electrons. The molecule has 0 aliphatic heterocycles. The van der Waals surface area contributed by atoms with Crippen molar-refractivity contribution in [2.45, 2.75) is 0 Å². The van der Waals surface area contributed by atoms with E-state index < -0.39 is 0 Å². The van der Waals surface area contributed by atoms with Gasteiger partial charge in [0.25, 0.3) is 0 Å². The second-order valence-electron chi connectivity index (χ2n) is 21.3. The first-order valence-corrected chi connectivity index (χ1v) is 28.3. The lowest BCUT2D eigenvalue weighted by Gasteiger charge is -2.24. The van der Waals surface area contributed by atoms with Crippen molar-refractivity contribution in [3.8, 4) is 96.7 Å². The van der Waals surface area contributed by atoms with Crippen molar-refractivity contribution in [1.82, 2.24) is 28.7 Å². The zero-order valence-corrected chi connectivity index (χ0v) is 45.6. The molecule has 0 bridgehead atoms. The van der Waals surface area contributed by atoms with Gasteiger partial charge in [0.2, 0.25) is 0 Å². The van der Waals surface area contributed by atoms with Crippen molar-refractivity contribution in [1.29, 1.82) is 10.5 Å². The van der Waals surface area contributed by atoms with Crippen LogP contribution in [0.2, 0.25) is 0 Å². The van der Waals surface area contributed by atoms with Crippen LogP contribution in [0, 0.1) is 22.7 Å². The molecule has 4 aromatic heterocycles. The lowest BCUT2D eigenvalue weighted by atomic mass is 9.90. The van der Waals surface area contributed by atoms with Crippen LogP contribution in [-0.4, -0.2) is 28.7 Å². The summed E-state index contributed by atoms with van der Waals surface area (Å²) in [6.45, 7) is 0. The van der Waals surface area contributed by atoms with Gasteiger partial charge in [-0.05, 0) is 90.0 Å². The molecule has 0 N–H and O–H groups in total. The highest BCUT2D eigenvalue weighted by Gasteiger charge is 2.28. The van der Waals surface area contributed by atoms with Gasteiger partial charge in [-0.2, -0.15) is 10.5 Å². The molecule has 0 unspecified atom stereocenters. The van der Waals surface area contributed by atoms with Crippen molar-refractivity contribution in [3.05, 3.63) is 290 Å². The fourth-order valence-corrected chi connectivity index (χ4v) is 12.8. The molecule has 0 atom stereocenters. The van der Waals surface area contributed by atoms with Crippen LogP contribution in [0.15, 0.2) is 279 Å². The van der Waals surface area contributed by atoms with Crippen molar-refractivity contribution in [2.75, 3.05) is 0 Å². The van der Waals surface area contributed by atoms with Gasteiger partial charge in [0.15, 0.2) is 17.5 Å². The Morgan fingerprint density at radius 3 is 1.11 bits per heavy atom. The Morgan fingerprint density at radius 2 is 0.647 bits per heavy atom. The van der Waals surface area contributed by atoms with E-state index in [9.17, 15) is 10.5 Å². The summed E-state index contributed by atoms with van der Waals surface area (Å²) in [5, 5.41) is 27.0. The zero-order chi connectivity index (χ0) is 56.5. The van der Waals surface area contributed by atoms with Gasteiger partial charge in [-0.25, -0.2) is 15.0 Å². The molecule has 85 heavy (non-hydrogen) atoms. The van der Waals surface area contributed by atoms with Gasteiger partial charge in [-0.15, -0.1) is 0 Å². The average Bonchev–Trinajstić information content (AvgIpc) is 2.83. The molecule has 8 heteroatoms. The predicted octanol–water partition coefficient (Wildman–Crippen LogP) is 18.9. The maximum Gasteiger partial charge on any atom is 0.164 e. The molecule has 0 amide bonds. The number of hydrogen-bond donors (Lipinski definition) is 0. The van der Waals surface area contributed by atoms with Crippen LogP contribution < -0.4 is 0 Å². The number of benzene rings is 12. The van der Waals surface area contributed by atoms with Crippen LogP contribution in [0.25, 0.3) is 150 Å². The number of fused-ring (bicyclic) bond motifs is 9. The Morgan fingerprint density at radius 1 is 0.259 bits per heavy atom. The molecular weight excluding hydrogens is 1040 g/mol. The summed E-state index contributed by atoms with van der Waals surface area (Å²) in [5.74, 6) is 1.65. The minimum absolute atomic E-state index is 0.439. The van der Waals surface area contributed by atoms with E-state index in [4.69, 9.17) is 15.0 Å². The van der Waals surface area contributed by atoms with Crippen LogP contribution in [0.1, 0.15) is 11.1 Å². The molecule has 0 saturated carbocycles. The molecule has 16 aromatic rings. The monoisotopic (exact) mass is 1080 g/mol. The van der Waals surface area contributed by atoms with Gasteiger partial charge in [0, 0.05) is 71.3 Å². The van der Waals surface area contributed by atoms with Crippen molar-refractivity contribution >= 4 is 65.4 Å². The Hall–Kier alpha value is -12.0. The number of hydrogen-bond acceptors (Lipinski definition) is 5. The second kappa shape index (κ2) is 19.9. The van der Waals surface area contributed by atoms with Crippen molar-refractivity contribution in [2.24, 2.45) is 0 Å². The molecule has 0 radical (unpaired) electrons. The summed E-state index contributed by atoms with van der Waals surface area (Å²) in [6, 6.07) is 102. The van der Waals surface area contributed by atoms with Gasteiger partial charge in [0.05, 0.1) is 73.4 Å². The molecule has 0 aliphatic rings. The third kappa shape index (κ3) is 7.93. The predicted molar refractivity (Wildman–Crippen MR) is 345 cm³/mol. The fourth-order valence-electron chi connectivity index (χ4n) is 12.8. The maximum absolute atomic E-state index is 10.5. The fraction of sp³-hybridized carbons (Fsp3) is 0. The van der Waals surface area contributed by atoms with E-state index in [0.717, 1.165) is 133 Å². The molecule has 4 heterocycles. The van der Waals surface area contributed by atoms with Crippen LogP contribution in [-0.2, 0) is 0 Å². The van der Waals surface area contributed by atoms with E-state index >= 15 is 0 Å². The molecule has 0 aliphatic carbocycles. The first-order chi connectivity index (χ1) is 42.1. The molecule has 16 rings (SSSR count).